The molecule has 2 N–H and O–H groups in total. The smallest absolute Gasteiger partial charge is 0.123 e. The summed E-state index contributed by atoms with van der Waals surface area (Å²) < 4.78 is 6.63. The molecule has 3 rings (SSSR count). The SMILES string of the molecule is COc1ccccc1C(C)(N)Cc1nc2ccccc2s1. The Kier molecular flexibility index (Phi) is 3.66. The Morgan fingerprint density at radius 3 is 2.62 bits per heavy atom. The highest BCUT2D eigenvalue weighted by atomic mass is 32.1. The van der Waals surface area contributed by atoms with Crippen molar-refractivity contribution in [1.82, 2.24) is 4.98 Å². The quantitative estimate of drug-likeness (QED) is 0.798. The minimum atomic E-state index is -0.513. The molecule has 0 amide bonds. The predicted molar refractivity (Wildman–Crippen MR) is 87.9 cm³/mol. The number of nitrogens with zero attached hydrogens (tertiary/aromatic N) is 1. The van der Waals surface area contributed by atoms with Gasteiger partial charge in [0.15, 0.2) is 0 Å². The Balaban J connectivity index is 1.95. The lowest BCUT2D eigenvalue weighted by Crippen LogP contribution is -2.35. The van der Waals surface area contributed by atoms with Crippen molar-refractivity contribution in [2.45, 2.75) is 18.9 Å². The minimum Gasteiger partial charge on any atom is -0.496 e. The molecule has 1 aromatic heterocycles. The van der Waals surface area contributed by atoms with Crippen LogP contribution in [-0.2, 0) is 12.0 Å². The summed E-state index contributed by atoms with van der Waals surface area (Å²) in [6.07, 6.45) is 0.687. The van der Waals surface area contributed by atoms with Crippen LogP contribution < -0.4 is 10.5 Å². The summed E-state index contributed by atoms with van der Waals surface area (Å²) in [5, 5.41) is 1.05. The van der Waals surface area contributed by atoms with Gasteiger partial charge in [0.2, 0.25) is 0 Å². The van der Waals surface area contributed by atoms with E-state index < -0.39 is 5.54 Å². The maximum absolute atomic E-state index is 6.55. The van der Waals surface area contributed by atoms with Crippen molar-refractivity contribution >= 4 is 21.6 Å². The first-order valence-corrected chi connectivity index (χ1v) is 7.68. The van der Waals surface area contributed by atoms with Crippen molar-refractivity contribution in [2.75, 3.05) is 7.11 Å². The molecule has 4 heteroatoms. The molecule has 1 unspecified atom stereocenters. The number of ether oxygens (including phenoxy) is 1. The number of nitrogens with two attached hydrogens (primary N) is 1. The van der Waals surface area contributed by atoms with Gasteiger partial charge in [0.1, 0.15) is 5.75 Å². The van der Waals surface area contributed by atoms with Gasteiger partial charge in [-0.3, -0.25) is 0 Å². The molecule has 108 valence electrons. The lowest BCUT2D eigenvalue weighted by atomic mass is 9.89. The highest BCUT2D eigenvalue weighted by Gasteiger charge is 2.26. The third kappa shape index (κ3) is 2.77. The Hall–Kier alpha value is -1.91. The summed E-state index contributed by atoms with van der Waals surface area (Å²) in [6.45, 7) is 2.02. The van der Waals surface area contributed by atoms with E-state index in [1.165, 1.54) is 4.70 Å². The number of hydrogen-bond acceptors (Lipinski definition) is 4. The van der Waals surface area contributed by atoms with Gasteiger partial charge >= 0.3 is 0 Å². The Bertz CT molecular complexity index is 731. The molecule has 1 atom stereocenters. The molecule has 2 aromatic carbocycles. The molecule has 0 aliphatic heterocycles. The molecule has 0 spiro atoms. The maximum atomic E-state index is 6.55. The molecular formula is C17H18N2OS. The normalized spacial score (nSPS) is 14.0. The number of hydrogen-bond donors (Lipinski definition) is 1. The van der Waals surface area contributed by atoms with Crippen molar-refractivity contribution in [3.63, 3.8) is 0 Å². The molecule has 0 saturated heterocycles. The zero-order valence-electron chi connectivity index (χ0n) is 12.2. The van der Waals surface area contributed by atoms with Crippen LogP contribution in [-0.4, -0.2) is 12.1 Å². The Morgan fingerprint density at radius 2 is 1.86 bits per heavy atom. The van der Waals surface area contributed by atoms with Gasteiger partial charge in [0.25, 0.3) is 0 Å². The first-order chi connectivity index (χ1) is 10.1. The third-order valence-electron chi connectivity index (χ3n) is 3.58. The van der Waals surface area contributed by atoms with Crippen LogP contribution in [0.5, 0.6) is 5.75 Å². The van der Waals surface area contributed by atoms with Crippen LogP contribution in [0.25, 0.3) is 10.2 Å². The van der Waals surface area contributed by atoms with Gasteiger partial charge in [-0.15, -0.1) is 11.3 Å². The molecule has 0 saturated carbocycles. The minimum absolute atomic E-state index is 0.513. The number of fused-ring (bicyclic) bond motifs is 1. The summed E-state index contributed by atoms with van der Waals surface area (Å²) in [5.74, 6) is 0.823. The van der Waals surface area contributed by atoms with Gasteiger partial charge < -0.3 is 10.5 Å². The maximum Gasteiger partial charge on any atom is 0.123 e. The van der Waals surface area contributed by atoms with Gasteiger partial charge in [-0.25, -0.2) is 4.98 Å². The monoisotopic (exact) mass is 298 g/mol. The van der Waals surface area contributed by atoms with Crippen molar-refractivity contribution in [3.05, 3.63) is 59.1 Å². The van der Waals surface area contributed by atoms with Gasteiger partial charge in [-0.05, 0) is 25.1 Å². The van der Waals surface area contributed by atoms with E-state index in [9.17, 15) is 0 Å². The molecular weight excluding hydrogens is 280 g/mol. The second kappa shape index (κ2) is 5.47. The van der Waals surface area contributed by atoms with Crippen LogP contribution in [0.4, 0.5) is 0 Å². The van der Waals surface area contributed by atoms with Crippen LogP contribution in [0, 0.1) is 0 Å². The van der Waals surface area contributed by atoms with Crippen LogP contribution >= 0.6 is 11.3 Å². The van der Waals surface area contributed by atoms with E-state index in [2.05, 4.69) is 11.1 Å². The number of rotatable bonds is 4. The molecule has 3 nitrogen and oxygen atoms in total. The fourth-order valence-corrected chi connectivity index (χ4v) is 3.66. The Morgan fingerprint density at radius 1 is 1.14 bits per heavy atom. The lowest BCUT2D eigenvalue weighted by Gasteiger charge is -2.26. The van der Waals surface area contributed by atoms with Gasteiger partial charge in [-0.1, -0.05) is 30.3 Å². The third-order valence-corrected chi connectivity index (χ3v) is 4.62. The first kappa shape index (κ1) is 14.0. The van der Waals surface area contributed by atoms with E-state index in [1.807, 2.05) is 49.4 Å². The van der Waals surface area contributed by atoms with Gasteiger partial charge in [0, 0.05) is 17.5 Å². The fraction of sp³-hybridized carbons (Fsp3) is 0.235. The summed E-state index contributed by atoms with van der Waals surface area (Å²) in [4.78, 5) is 4.68. The number of benzene rings is 2. The highest BCUT2D eigenvalue weighted by molar-refractivity contribution is 7.18. The van der Waals surface area contributed by atoms with E-state index in [1.54, 1.807) is 18.4 Å². The predicted octanol–water partition coefficient (Wildman–Crippen LogP) is 3.72. The number of aromatic nitrogens is 1. The van der Waals surface area contributed by atoms with Gasteiger partial charge in [0.05, 0.1) is 22.3 Å². The van der Waals surface area contributed by atoms with Crippen molar-refractivity contribution in [3.8, 4) is 5.75 Å². The van der Waals surface area contributed by atoms with Gasteiger partial charge in [-0.2, -0.15) is 0 Å². The van der Waals surface area contributed by atoms with Crippen molar-refractivity contribution in [2.24, 2.45) is 5.73 Å². The molecule has 3 aromatic rings. The van der Waals surface area contributed by atoms with E-state index >= 15 is 0 Å². The van der Waals surface area contributed by atoms with Crippen LogP contribution in [0.3, 0.4) is 0 Å². The zero-order chi connectivity index (χ0) is 14.9. The van der Waals surface area contributed by atoms with E-state index in [0.717, 1.165) is 21.8 Å². The number of para-hydroxylation sites is 2. The molecule has 0 aliphatic carbocycles. The highest BCUT2D eigenvalue weighted by Crippen LogP contribution is 2.32. The van der Waals surface area contributed by atoms with E-state index in [4.69, 9.17) is 10.5 Å². The van der Waals surface area contributed by atoms with E-state index in [0.29, 0.717) is 6.42 Å². The average molecular weight is 298 g/mol. The lowest BCUT2D eigenvalue weighted by molar-refractivity contribution is 0.386. The van der Waals surface area contributed by atoms with Crippen LogP contribution in [0.2, 0.25) is 0 Å². The molecule has 1 heterocycles. The number of thiazole rings is 1. The average Bonchev–Trinajstić information content (AvgIpc) is 2.88. The second-order valence-corrected chi connectivity index (χ2v) is 6.49. The molecule has 0 bridgehead atoms. The Labute approximate surface area is 128 Å². The largest absolute Gasteiger partial charge is 0.496 e. The van der Waals surface area contributed by atoms with E-state index in [-0.39, 0.29) is 0 Å². The standard InChI is InChI=1S/C17H18N2OS/c1-17(18,12-7-3-5-9-14(12)20-2)11-16-19-13-8-4-6-10-15(13)21-16/h3-10H,11,18H2,1-2H3. The summed E-state index contributed by atoms with van der Waals surface area (Å²) >= 11 is 1.70. The van der Waals surface area contributed by atoms with Crippen molar-refractivity contribution < 1.29 is 4.74 Å². The van der Waals surface area contributed by atoms with Crippen LogP contribution in [0.1, 0.15) is 17.5 Å². The summed E-state index contributed by atoms with van der Waals surface area (Å²) in [6, 6.07) is 16.1. The summed E-state index contributed by atoms with van der Waals surface area (Å²) in [7, 11) is 1.67. The zero-order valence-corrected chi connectivity index (χ0v) is 13.0. The first-order valence-electron chi connectivity index (χ1n) is 6.87. The van der Waals surface area contributed by atoms with Crippen molar-refractivity contribution in [1.29, 1.82) is 0 Å². The molecule has 0 aliphatic rings. The molecule has 0 radical (unpaired) electrons. The molecule has 0 fully saturated rings. The van der Waals surface area contributed by atoms with Crippen LogP contribution in [0.15, 0.2) is 48.5 Å². The summed E-state index contributed by atoms with van der Waals surface area (Å²) in [5.41, 5.74) is 8.08. The molecule has 21 heavy (non-hydrogen) atoms. The topological polar surface area (TPSA) is 48.1 Å². The fourth-order valence-electron chi connectivity index (χ4n) is 2.52. The number of methoxy groups -OCH3 is 1. The second-order valence-electron chi connectivity index (χ2n) is 5.37.